The summed E-state index contributed by atoms with van der Waals surface area (Å²) in [5.41, 5.74) is 2.46. The van der Waals surface area contributed by atoms with Crippen molar-refractivity contribution in [3.05, 3.63) is 59.7 Å². The minimum absolute atomic E-state index is 0.223. The number of hydrazone groups is 1. The van der Waals surface area contributed by atoms with Gasteiger partial charge in [-0.05, 0) is 42.8 Å². The molecule has 2 aromatic carbocycles. The molecule has 0 aliphatic carbocycles. The largest absolute Gasteiger partial charge is 0.493 e. The van der Waals surface area contributed by atoms with Crippen LogP contribution in [0.1, 0.15) is 31.4 Å². The molecular weight excluding hydrogens is 428 g/mol. The molecule has 1 spiro atoms. The predicted molar refractivity (Wildman–Crippen MR) is 123 cm³/mol. The summed E-state index contributed by atoms with van der Waals surface area (Å²) in [4.78, 5) is 38.1. The maximum Gasteiger partial charge on any atom is 0.270 e. The van der Waals surface area contributed by atoms with Crippen molar-refractivity contribution in [1.82, 2.24) is 10.3 Å². The lowest BCUT2D eigenvalue weighted by Crippen LogP contribution is -2.48. The summed E-state index contributed by atoms with van der Waals surface area (Å²) in [6.45, 7) is 5.57. The fraction of sp³-hybridized carbons (Fsp3) is 0.304. The summed E-state index contributed by atoms with van der Waals surface area (Å²) >= 11 is 1.08. The van der Waals surface area contributed by atoms with E-state index in [-0.39, 0.29) is 22.9 Å². The Hall–Kier alpha value is -3.33. The Balaban J connectivity index is 1.56. The molecule has 2 heterocycles. The third-order valence-corrected chi connectivity index (χ3v) is 6.53. The molecule has 9 heteroatoms. The molecule has 2 aliphatic rings. The molecule has 8 nitrogen and oxygen atoms in total. The molecule has 4 rings (SSSR count). The number of hydrogen-bond acceptors (Lipinski definition) is 6. The second-order valence-corrected chi connectivity index (χ2v) is 8.79. The summed E-state index contributed by atoms with van der Waals surface area (Å²) in [6, 6.07) is 15.2. The minimum atomic E-state index is -1.36. The topological polar surface area (TPSA) is 91.3 Å². The molecule has 1 N–H and O–H groups in total. The Bertz CT molecular complexity index is 1120. The third-order valence-electron chi connectivity index (χ3n) is 5.29. The van der Waals surface area contributed by atoms with Gasteiger partial charge in [0.1, 0.15) is 5.75 Å². The smallest absolute Gasteiger partial charge is 0.270 e. The molecular formula is C23H24N4O4S. The van der Waals surface area contributed by atoms with Crippen LogP contribution >= 0.6 is 11.8 Å². The zero-order valence-corrected chi connectivity index (χ0v) is 18.9. The van der Waals surface area contributed by atoms with E-state index in [2.05, 4.69) is 10.4 Å². The van der Waals surface area contributed by atoms with Gasteiger partial charge in [0.05, 0.1) is 12.3 Å². The van der Waals surface area contributed by atoms with Crippen molar-refractivity contribution >= 4 is 40.3 Å². The van der Waals surface area contributed by atoms with Crippen LogP contribution in [0.2, 0.25) is 0 Å². The van der Waals surface area contributed by atoms with Crippen LogP contribution in [-0.2, 0) is 19.3 Å². The molecule has 1 unspecified atom stereocenters. The monoisotopic (exact) mass is 452 g/mol. The predicted octanol–water partition coefficient (Wildman–Crippen LogP) is 2.97. The lowest BCUT2D eigenvalue weighted by Gasteiger charge is -2.29. The van der Waals surface area contributed by atoms with E-state index in [0.29, 0.717) is 25.1 Å². The highest BCUT2D eigenvalue weighted by Crippen LogP contribution is 2.54. The average molecular weight is 453 g/mol. The van der Waals surface area contributed by atoms with Crippen LogP contribution in [0.25, 0.3) is 0 Å². The maximum absolute atomic E-state index is 13.7. The third kappa shape index (κ3) is 3.73. The number of hydrogen-bond donors (Lipinski definition) is 1. The van der Waals surface area contributed by atoms with E-state index in [1.165, 1.54) is 18.9 Å². The minimum Gasteiger partial charge on any atom is -0.493 e. The van der Waals surface area contributed by atoms with Gasteiger partial charge in [0, 0.05) is 26.0 Å². The first-order valence-electron chi connectivity index (χ1n) is 10.3. The number of ether oxygens (including phenoxy) is 1. The number of para-hydroxylation sites is 2. The van der Waals surface area contributed by atoms with Crippen LogP contribution in [0.4, 0.5) is 5.69 Å². The summed E-state index contributed by atoms with van der Waals surface area (Å²) < 4.78 is 5.88. The Morgan fingerprint density at radius 2 is 1.84 bits per heavy atom. The molecule has 2 aromatic rings. The lowest BCUT2D eigenvalue weighted by atomic mass is 10.1. The molecule has 32 heavy (non-hydrogen) atoms. The number of anilines is 1. The van der Waals surface area contributed by atoms with Gasteiger partial charge in [-0.1, -0.05) is 36.4 Å². The van der Waals surface area contributed by atoms with Crippen LogP contribution in [0.5, 0.6) is 5.75 Å². The van der Waals surface area contributed by atoms with Crippen LogP contribution in [0.15, 0.2) is 53.6 Å². The van der Waals surface area contributed by atoms with Crippen molar-refractivity contribution in [3.8, 4) is 5.75 Å². The fourth-order valence-corrected chi connectivity index (χ4v) is 5.24. The van der Waals surface area contributed by atoms with Gasteiger partial charge in [-0.3, -0.25) is 14.4 Å². The van der Waals surface area contributed by atoms with Crippen molar-refractivity contribution in [2.45, 2.75) is 32.1 Å². The van der Waals surface area contributed by atoms with Crippen molar-refractivity contribution in [2.75, 3.05) is 18.1 Å². The molecule has 0 radical (unpaired) electrons. The molecule has 166 valence electrons. The average Bonchev–Trinajstić information content (AvgIpc) is 3.24. The zero-order chi connectivity index (χ0) is 22.9. The Morgan fingerprint density at radius 1 is 1.12 bits per heavy atom. The van der Waals surface area contributed by atoms with E-state index in [0.717, 1.165) is 28.8 Å². The molecule has 0 fully saturated rings. The van der Waals surface area contributed by atoms with Gasteiger partial charge in [0.2, 0.25) is 16.7 Å². The second-order valence-electron chi connectivity index (χ2n) is 7.60. The van der Waals surface area contributed by atoms with E-state index in [1.807, 2.05) is 55.5 Å². The second kappa shape index (κ2) is 8.66. The number of carbonyl (C=O) groups is 3. The van der Waals surface area contributed by atoms with Gasteiger partial charge in [-0.2, -0.15) is 5.01 Å². The quantitative estimate of drug-likeness (QED) is 0.705. The number of amidine groups is 1. The summed E-state index contributed by atoms with van der Waals surface area (Å²) in [5.74, 6) is -0.148. The van der Waals surface area contributed by atoms with Gasteiger partial charge < -0.3 is 15.0 Å². The number of rotatable bonds is 5. The number of nitrogens with zero attached hydrogens (tertiary/aromatic N) is 3. The van der Waals surface area contributed by atoms with Gasteiger partial charge in [-0.15, -0.1) is 5.10 Å². The SMILES string of the molecule is CC(=O)NC1=NN(C(C)=O)C2(S1)C(=O)N(CCCOc1ccccc1C)c1ccccc12. The molecule has 0 bridgehead atoms. The number of thioether (sulfide) groups is 1. The zero-order valence-electron chi connectivity index (χ0n) is 18.1. The van der Waals surface area contributed by atoms with E-state index in [4.69, 9.17) is 4.74 Å². The van der Waals surface area contributed by atoms with E-state index in [9.17, 15) is 14.4 Å². The number of nitrogens with one attached hydrogen (secondary N) is 1. The van der Waals surface area contributed by atoms with Crippen LogP contribution in [0, 0.1) is 6.92 Å². The van der Waals surface area contributed by atoms with Crippen molar-refractivity contribution < 1.29 is 19.1 Å². The van der Waals surface area contributed by atoms with Gasteiger partial charge in [0.15, 0.2) is 5.17 Å². The number of aryl methyl sites for hydroxylation is 1. The van der Waals surface area contributed by atoms with E-state index < -0.39 is 4.87 Å². The molecule has 2 aliphatic heterocycles. The first-order valence-corrected chi connectivity index (χ1v) is 11.1. The van der Waals surface area contributed by atoms with Gasteiger partial charge >= 0.3 is 0 Å². The number of fused-ring (bicyclic) bond motifs is 2. The Morgan fingerprint density at radius 3 is 2.56 bits per heavy atom. The van der Waals surface area contributed by atoms with Crippen LogP contribution < -0.4 is 15.0 Å². The molecule has 0 saturated heterocycles. The summed E-state index contributed by atoms with van der Waals surface area (Å²) in [7, 11) is 0. The highest BCUT2D eigenvalue weighted by Gasteiger charge is 2.60. The molecule has 0 aromatic heterocycles. The van der Waals surface area contributed by atoms with Crippen molar-refractivity contribution in [2.24, 2.45) is 5.10 Å². The highest BCUT2D eigenvalue weighted by atomic mass is 32.2. The standard InChI is InChI=1S/C23H24N4O4S/c1-15-9-4-7-12-20(15)31-14-8-13-26-19-11-6-5-10-18(19)23(21(26)30)27(17(3)29)25-22(32-23)24-16(2)28/h4-7,9-12H,8,13-14H2,1-3H3,(H,24,25,28). The fourth-order valence-electron chi connectivity index (χ4n) is 3.91. The van der Waals surface area contributed by atoms with Crippen LogP contribution in [0.3, 0.4) is 0 Å². The number of carbonyl (C=O) groups excluding carboxylic acids is 3. The highest BCUT2D eigenvalue weighted by molar-refractivity contribution is 8.15. The van der Waals surface area contributed by atoms with E-state index >= 15 is 0 Å². The van der Waals surface area contributed by atoms with Crippen molar-refractivity contribution in [1.29, 1.82) is 0 Å². The van der Waals surface area contributed by atoms with E-state index in [1.54, 1.807) is 4.90 Å². The first-order chi connectivity index (χ1) is 15.3. The summed E-state index contributed by atoms with van der Waals surface area (Å²) in [6.07, 6.45) is 0.606. The first kappa shape index (κ1) is 21.9. The number of amides is 3. The number of benzene rings is 2. The van der Waals surface area contributed by atoms with Crippen molar-refractivity contribution in [3.63, 3.8) is 0 Å². The Kier molecular flexibility index (Phi) is 5.92. The van der Waals surface area contributed by atoms with Gasteiger partial charge in [0.25, 0.3) is 5.91 Å². The molecule has 3 amide bonds. The molecule has 1 atom stereocenters. The maximum atomic E-state index is 13.7. The normalized spacial score (nSPS) is 19.2. The van der Waals surface area contributed by atoms with Gasteiger partial charge in [-0.25, -0.2) is 0 Å². The lowest BCUT2D eigenvalue weighted by molar-refractivity contribution is -0.139. The Labute approximate surface area is 190 Å². The van der Waals surface area contributed by atoms with Crippen LogP contribution in [-0.4, -0.2) is 41.0 Å². The molecule has 0 saturated carbocycles. The summed E-state index contributed by atoms with van der Waals surface area (Å²) in [5, 5.41) is 8.26.